The van der Waals surface area contributed by atoms with Crippen LogP contribution in [-0.4, -0.2) is 50.0 Å². The predicted octanol–water partition coefficient (Wildman–Crippen LogP) is 2.42. The molecule has 0 fully saturated rings. The van der Waals surface area contributed by atoms with Crippen molar-refractivity contribution in [3.63, 3.8) is 0 Å². The zero-order valence-corrected chi connectivity index (χ0v) is 16.7. The van der Waals surface area contributed by atoms with Crippen molar-refractivity contribution in [1.82, 2.24) is 5.32 Å². The molecule has 2 rings (SSSR count). The summed E-state index contributed by atoms with van der Waals surface area (Å²) in [5.74, 6) is -1.37. The van der Waals surface area contributed by atoms with Gasteiger partial charge in [-0.2, -0.15) is 0 Å². The normalized spacial score (nSPS) is 10.1. The summed E-state index contributed by atoms with van der Waals surface area (Å²) in [6.45, 7) is -1.11. The summed E-state index contributed by atoms with van der Waals surface area (Å²) in [4.78, 5) is 46.3. The number of nitro benzene ring substituents is 1. The summed E-state index contributed by atoms with van der Waals surface area (Å²) < 4.78 is 15.0. The first kappa shape index (κ1) is 22.6. The number of amides is 1. The van der Waals surface area contributed by atoms with Gasteiger partial charge in [0.25, 0.3) is 11.6 Å². The fraction of sp³-hybridized carbons (Fsp3) is 0.211. The van der Waals surface area contributed by atoms with E-state index in [9.17, 15) is 24.5 Å². The monoisotopic (exact) mass is 436 g/mol. The molecule has 0 heterocycles. The van der Waals surface area contributed by atoms with Crippen LogP contribution in [0.3, 0.4) is 0 Å². The van der Waals surface area contributed by atoms with Gasteiger partial charge in [-0.3, -0.25) is 24.5 Å². The lowest BCUT2D eigenvalue weighted by molar-refractivity contribution is -0.384. The van der Waals surface area contributed by atoms with E-state index < -0.39 is 41.4 Å². The molecule has 158 valence electrons. The molecule has 2 aromatic carbocycles. The van der Waals surface area contributed by atoms with Crippen LogP contribution >= 0.6 is 11.6 Å². The summed E-state index contributed by atoms with van der Waals surface area (Å²) in [5, 5.41) is 13.0. The number of nitro groups is 1. The van der Waals surface area contributed by atoms with Gasteiger partial charge < -0.3 is 19.5 Å². The van der Waals surface area contributed by atoms with Crippen LogP contribution in [-0.2, 0) is 9.53 Å². The minimum atomic E-state index is -0.868. The third-order valence-corrected chi connectivity index (χ3v) is 4.19. The molecule has 0 saturated heterocycles. The van der Waals surface area contributed by atoms with Crippen LogP contribution in [0.4, 0.5) is 5.69 Å². The molecule has 0 spiro atoms. The number of hydrogen-bond donors (Lipinski definition) is 1. The van der Waals surface area contributed by atoms with E-state index in [1.54, 1.807) is 6.07 Å². The van der Waals surface area contributed by atoms with Gasteiger partial charge >= 0.3 is 5.97 Å². The van der Waals surface area contributed by atoms with Crippen LogP contribution < -0.4 is 14.8 Å². The molecule has 0 radical (unpaired) electrons. The highest BCUT2D eigenvalue weighted by Crippen LogP contribution is 2.26. The number of nitrogens with zero attached hydrogens (tertiary/aromatic N) is 1. The molecule has 1 N–H and O–H groups in total. The van der Waals surface area contributed by atoms with Gasteiger partial charge in [0.15, 0.2) is 6.61 Å². The van der Waals surface area contributed by atoms with Crippen LogP contribution in [0, 0.1) is 10.1 Å². The number of ether oxygens (including phenoxy) is 3. The van der Waals surface area contributed by atoms with Crippen molar-refractivity contribution in [3.05, 3.63) is 62.7 Å². The van der Waals surface area contributed by atoms with E-state index >= 15 is 0 Å². The molecule has 0 unspecified atom stereocenters. The first-order valence-electron chi connectivity index (χ1n) is 8.39. The van der Waals surface area contributed by atoms with Gasteiger partial charge in [0, 0.05) is 17.7 Å². The smallest absolute Gasteiger partial charge is 0.325 e. The number of rotatable bonds is 9. The minimum Gasteiger partial charge on any atom is -0.497 e. The molecule has 2 aromatic rings. The number of halogens is 1. The van der Waals surface area contributed by atoms with E-state index in [0.29, 0.717) is 5.75 Å². The Hall–Kier alpha value is -3.66. The van der Waals surface area contributed by atoms with Crippen molar-refractivity contribution >= 4 is 34.9 Å². The summed E-state index contributed by atoms with van der Waals surface area (Å²) in [7, 11) is 2.85. The fourth-order valence-electron chi connectivity index (χ4n) is 2.35. The third-order valence-electron chi connectivity index (χ3n) is 3.87. The molecule has 10 nitrogen and oxygen atoms in total. The Morgan fingerprint density at radius 3 is 2.47 bits per heavy atom. The quantitative estimate of drug-likeness (QED) is 0.274. The maximum Gasteiger partial charge on any atom is 0.325 e. The van der Waals surface area contributed by atoms with E-state index in [4.69, 9.17) is 25.8 Å². The van der Waals surface area contributed by atoms with Crippen LogP contribution in [0.15, 0.2) is 36.4 Å². The Labute approximate surface area is 175 Å². The van der Waals surface area contributed by atoms with E-state index in [-0.39, 0.29) is 21.9 Å². The number of methoxy groups -OCH3 is 2. The van der Waals surface area contributed by atoms with Crippen molar-refractivity contribution < 1.29 is 33.5 Å². The van der Waals surface area contributed by atoms with Gasteiger partial charge in [0.1, 0.15) is 23.1 Å². The summed E-state index contributed by atoms with van der Waals surface area (Å²) in [6, 6.07) is 8.01. The molecule has 11 heteroatoms. The first-order valence-corrected chi connectivity index (χ1v) is 8.77. The van der Waals surface area contributed by atoms with Crippen LogP contribution in [0.25, 0.3) is 0 Å². The van der Waals surface area contributed by atoms with Crippen molar-refractivity contribution in [2.24, 2.45) is 0 Å². The average Bonchev–Trinajstić information content (AvgIpc) is 2.75. The lowest BCUT2D eigenvalue weighted by Crippen LogP contribution is -2.31. The van der Waals surface area contributed by atoms with Crippen LogP contribution in [0.2, 0.25) is 5.02 Å². The fourth-order valence-corrected chi connectivity index (χ4v) is 2.54. The van der Waals surface area contributed by atoms with E-state index in [2.05, 4.69) is 5.32 Å². The summed E-state index contributed by atoms with van der Waals surface area (Å²) in [5.41, 5.74) is -0.299. The molecule has 0 saturated carbocycles. The lowest BCUT2D eigenvalue weighted by Gasteiger charge is -2.10. The van der Waals surface area contributed by atoms with Gasteiger partial charge in [0.05, 0.1) is 24.7 Å². The Balaban J connectivity index is 1.91. The van der Waals surface area contributed by atoms with Crippen LogP contribution in [0.5, 0.6) is 11.5 Å². The zero-order valence-electron chi connectivity index (χ0n) is 16.0. The third kappa shape index (κ3) is 5.67. The molecule has 0 bridgehead atoms. The van der Waals surface area contributed by atoms with Crippen molar-refractivity contribution in [2.75, 3.05) is 27.4 Å². The molecule has 0 aliphatic heterocycles. The second-order valence-corrected chi connectivity index (χ2v) is 6.16. The Morgan fingerprint density at radius 1 is 1.10 bits per heavy atom. The van der Waals surface area contributed by atoms with E-state index in [0.717, 1.165) is 6.07 Å². The van der Waals surface area contributed by atoms with Gasteiger partial charge in [-0.25, -0.2) is 0 Å². The predicted molar refractivity (Wildman–Crippen MR) is 105 cm³/mol. The lowest BCUT2D eigenvalue weighted by atomic mass is 10.1. The molecule has 0 aliphatic carbocycles. The first-order chi connectivity index (χ1) is 14.3. The number of benzene rings is 2. The van der Waals surface area contributed by atoms with Crippen LogP contribution in [0.1, 0.15) is 20.7 Å². The number of hydrogen-bond acceptors (Lipinski definition) is 8. The Kier molecular flexibility index (Phi) is 7.70. The molecule has 0 aromatic heterocycles. The van der Waals surface area contributed by atoms with Crippen molar-refractivity contribution in [1.29, 1.82) is 0 Å². The summed E-state index contributed by atoms with van der Waals surface area (Å²) >= 11 is 5.69. The maximum atomic E-state index is 12.3. The van der Waals surface area contributed by atoms with E-state index in [1.165, 1.54) is 38.5 Å². The second-order valence-electron chi connectivity index (χ2n) is 5.76. The Bertz CT molecular complexity index is 992. The number of carbonyl (C=O) groups excluding carboxylic acids is 3. The van der Waals surface area contributed by atoms with E-state index in [1.807, 2.05) is 0 Å². The van der Waals surface area contributed by atoms with Crippen molar-refractivity contribution in [3.8, 4) is 11.5 Å². The molecule has 30 heavy (non-hydrogen) atoms. The SMILES string of the molecule is COc1ccc(C(=O)COC(=O)CNC(=O)c2ccc(Cl)c([N+](=O)[O-])c2)c(OC)c1. The van der Waals surface area contributed by atoms with Gasteiger partial charge in [-0.05, 0) is 24.3 Å². The molecule has 1 amide bonds. The second kappa shape index (κ2) is 10.2. The van der Waals surface area contributed by atoms with Gasteiger partial charge in [0.2, 0.25) is 5.78 Å². The highest BCUT2D eigenvalue weighted by Gasteiger charge is 2.18. The topological polar surface area (TPSA) is 134 Å². The number of carbonyl (C=O) groups is 3. The Morgan fingerprint density at radius 2 is 1.83 bits per heavy atom. The number of Topliss-reactive ketones (excluding diaryl/α,β-unsaturated/α-hetero) is 1. The number of ketones is 1. The average molecular weight is 437 g/mol. The molecule has 0 aliphatic rings. The van der Waals surface area contributed by atoms with Gasteiger partial charge in [-0.1, -0.05) is 11.6 Å². The highest BCUT2D eigenvalue weighted by molar-refractivity contribution is 6.32. The standard InChI is InChI=1S/C19H17ClN2O8/c1-28-12-4-5-13(17(8-12)29-2)16(23)10-30-18(24)9-21-19(25)11-3-6-14(20)15(7-11)22(26)27/h3-8H,9-10H2,1-2H3,(H,21,25). The molecular formula is C19H17ClN2O8. The number of nitrogens with one attached hydrogen (secondary N) is 1. The summed E-state index contributed by atoms with van der Waals surface area (Å²) in [6.07, 6.45) is 0. The van der Waals surface area contributed by atoms with Gasteiger partial charge in [-0.15, -0.1) is 0 Å². The highest BCUT2D eigenvalue weighted by atomic mass is 35.5. The minimum absolute atomic E-state index is 0.0575. The number of esters is 1. The molecular weight excluding hydrogens is 420 g/mol. The zero-order chi connectivity index (χ0) is 22.3. The van der Waals surface area contributed by atoms with Crippen molar-refractivity contribution in [2.45, 2.75) is 0 Å². The molecule has 0 atom stereocenters. The largest absolute Gasteiger partial charge is 0.497 e. The maximum absolute atomic E-state index is 12.3.